The van der Waals surface area contributed by atoms with E-state index in [0.29, 0.717) is 42.9 Å². The molecule has 1 saturated heterocycles. The molecule has 0 bridgehead atoms. The predicted octanol–water partition coefficient (Wildman–Crippen LogP) is 2.97. The van der Waals surface area contributed by atoms with E-state index in [9.17, 15) is 17.4 Å². The molecule has 186 valence electrons. The third kappa shape index (κ3) is 6.86. The molecule has 0 aliphatic carbocycles. The molecule has 13 heteroatoms. The zero-order valence-corrected chi connectivity index (χ0v) is 21.1. The summed E-state index contributed by atoms with van der Waals surface area (Å²) in [5.74, 6) is 1.71. The number of nitrogens with zero attached hydrogens (tertiary/aromatic N) is 7. The van der Waals surface area contributed by atoms with Gasteiger partial charge in [0.15, 0.2) is 0 Å². The lowest BCUT2D eigenvalue weighted by molar-refractivity contribution is -0.141. The standard InChI is InChI=1S/C20H30F3N7OS.ClH/c1-14-26-27-18(28(14)5)32(31)12-6-7-29-8-10-30(11-9-29)16-13-15(20(21,22)23)24-17(25-16)19(2,3)4;/h13H,6-12H2,1-5H3;1H. The number of halogens is 4. The lowest BCUT2D eigenvalue weighted by Gasteiger charge is -2.36. The van der Waals surface area contributed by atoms with E-state index in [0.717, 1.165) is 24.9 Å². The summed E-state index contributed by atoms with van der Waals surface area (Å²) in [5.41, 5.74) is -1.49. The van der Waals surface area contributed by atoms with Crippen molar-refractivity contribution in [3.63, 3.8) is 0 Å². The van der Waals surface area contributed by atoms with Crippen LogP contribution in [0.15, 0.2) is 11.2 Å². The molecule has 0 N–H and O–H groups in total. The quantitative estimate of drug-likeness (QED) is 0.592. The molecule has 2 aromatic heterocycles. The second-order valence-electron chi connectivity index (χ2n) is 9.00. The third-order valence-electron chi connectivity index (χ3n) is 5.43. The molecule has 0 saturated carbocycles. The van der Waals surface area contributed by atoms with E-state index in [1.54, 1.807) is 32.4 Å². The summed E-state index contributed by atoms with van der Waals surface area (Å²) in [6, 6.07) is 1.04. The Bertz CT molecular complexity index is 937. The summed E-state index contributed by atoms with van der Waals surface area (Å²) in [6.07, 6.45) is -3.78. The van der Waals surface area contributed by atoms with Crippen molar-refractivity contribution in [3.05, 3.63) is 23.4 Å². The van der Waals surface area contributed by atoms with Gasteiger partial charge in [-0.05, 0) is 19.9 Å². The molecular formula is C20H31ClF3N7OS. The van der Waals surface area contributed by atoms with Gasteiger partial charge in [-0.15, -0.1) is 22.6 Å². The monoisotopic (exact) mass is 509 g/mol. The molecule has 1 aliphatic heterocycles. The second-order valence-corrected chi connectivity index (χ2v) is 10.5. The van der Waals surface area contributed by atoms with Crippen molar-refractivity contribution in [1.29, 1.82) is 0 Å². The highest BCUT2D eigenvalue weighted by atomic mass is 35.5. The molecule has 0 spiro atoms. The molecule has 0 amide bonds. The van der Waals surface area contributed by atoms with E-state index in [-0.39, 0.29) is 18.2 Å². The summed E-state index contributed by atoms with van der Waals surface area (Å²) in [5, 5.41) is 8.39. The van der Waals surface area contributed by atoms with Gasteiger partial charge >= 0.3 is 6.18 Å². The third-order valence-corrected chi connectivity index (χ3v) is 6.85. The van der Waals surface area contributed by atoms with Gasteiger partial charge in [0.25, 0.3) is 0 Å². The minimum atomic E-state index is -4.52. The maximum atomic E-state index is 13.4. The van der Waals surface area contributed by atoms with Crippen LogP contribution in [0.25, 0.3) is 0 Å². The van der Waals surface area contributed by atoms with Crippen molar-refractivity contribution in [1.82, 2.24) is 29.6 Å². The van der Waals surface area contributed by atoms with Crippen molar-refractivity contribution in [2.75, 3.05) is 43.4 Å². The van der Waals surface area contributed by atoms with Crippen molar-refractivity contribution < 1.29 is 17.4 Å². The topological polar surface area (TPSA) is 80.0 Å². The van der Waals surface area contributed by atoms with Crippen LogP contribution in [0.1, 0.15) is 44.5 Å². The Morgan fingerprint density at radius 2 is 1.70 bits per heavy atom. The predicted molar refractivity (Wildman–Crippen MR) is 123 cm³/mol. The lowest BCUT2D eigenvalue weighted by atomic mass is 9.95. The molecule has 3 rings (SSSR count). The maximum absolute atomic E-state index is 13.4. The lowest BCUT2D eigenvalue weighted by Crippen LogP contribution is -2.47. The largest absolute Gasteiger partial charge is 0.433 e. The molecule has 8 nitrogen and oxygen atoms in total. The first kappa shape index (κ1) is 27.5. The number of rotatable bonds is 6. The minimum absolute atomic E-state index is 0. The van der Waals surface area contributed by atoms with E-state index >= 15 is 0 Å². The Morgan fingerprint density at radius 3 is 2.21 bits per heavy atom. The van der Waals surface area contributed by atoms with Crippen LogP contribution in [0.5, 0.6) is 0 Å². The van der Waals surface area contributed by atoms with Crippen molar-refractivity contribution >= 4 is 29.0 Å². The van der Waals surface area contributed by atoms with Crippen molar-refractivity contribution in [3.8, 4) is 0 Å². The van der Waals surface area contributed by atoms with E-state index in [4.69, 9.17) is 0 Å². The highest BCUT2D eigenvalue weighted by Crippen LogP contribution is 2.32. The van der Waals surface area contributed by atoms with Crippen molar-refractivity contribution in [2.24, 2.45) is 7.05 Å². The first-order valence-corrected chi connectivity index (χ1v) is 11.9. The highest BCUT2D eigenvalue weighted by molar-refractivity contribution is 7.84. The fourth-order valence-electron chi connectivity index (χ4n) is 3.37. The number of piperazine rings is 1. The smallest absolute Gasteiger partial charge is 0.354 e. The van der Waals surface area contributed by atoms with Gasteiger partial charge in [-0.25, -0.2) is 9.97 Å². The molecule has 2 aromatic rings. The van der Waals surface area contributed by atoms with E-state index in [1.165, 1.54) is 0 Å². The molecule has 0 aromatic carbocycles. The number of hydrogen-bond acceptors (Lipinski definition) is 7. The second kappa shape index (κ2) is 10.6. The van der Waals surface area contributed by atoms with Gasteiger partial charge in [0.05, 0.1) is 10.8 Å². The van der Waals surface area contributed by atoms with Crippen LogP contribution in [0.4, 0.5) is 19.0 Å². The molecule has 0 radical (unpaired) electrons. The van der Waals surface area contributed by atoms with E-state index in [1.807, 2.05) is 11.8 Å². The van der Waals surface area contributed by atoms with Gasteiger partial charge in [0.1, 0.15) is 23.2 Å². The number of anilines is 1. The first-order valence-electron chi connectivity index (χ1n) is 10.5. The zero-order valence-electron chi connectivity index (χ0n) is 19.5. The number of alkyl halides is 3. The Balaban J connectivity index is 0.00000385. The zero-order chi connectivity index (χ0) is 23.7. The molecule has 1 aliphatic rings. The Labute approximate surface area is 200 Å². The molecule has 3 heterocycles. The Kier molecular flexibility index (Phi) is 8.86. The van der Waals surface area contributed by atoms with Gasteiger partial charge in [-0.2, -0.15) is 13.2 Å². The average Bonchev–Trinajstić information content (AvgIpc) is 3.05. The van der Waals surface area contributed by atoms with Crippen LogP contribution >= 0.6 is 12.4 Å². The number of hydrogen-bond donors (Lipinski definition) is 0. The van der Waals surface area contributed by atoms with Gasteiger partial charge < -0.3 is 9.47 Å². The van der Waals surface area contributed by atoms with Gasteiger partial charge in [-0.3, -0.25) is 9.11 Å². The van der Waals surface area contributed by atoms with Crippen LogP contribution in [0.2, 0.25) is 0 Å². The molecule has 1 atom stereocenters. The van der Waals surface area contributed by atoms with E-state index < -0.39 is 28.1 Å². The SMILES string of the molecule is Cc1nnc(S(=O)CCCN2CCN(c3cc(C(F)(F)F)nc(C(C)(C)C)n3)CC2)n1C.Cl. The van der Waals surface area contributed by atoms with Crippen LogP contribution in [0, 0.1) is 6.92 Å². The molecular weight excluding hydrogens is 479 g/mol. The fraction of sp³-hybridized carbons (Fsp3) is 0.700. The molecule has 1 unspecified atom stereocenters. The normalized spacial score (nSPS) is 16.5. The Morgan fingerprint density at radius 1 is 1.06 bits per heavy atom. The Hall–Kier alpha value is -1.79. The van der Waals surface area contributed by atoms with Gasteiger partial charge in [-0.1, -0.05) is 20.8 Å². The van der Waals surface area contributed by atoms with Crippen LogP contribution < -0.4 is 4.90 Å². The fourth-order valence-corrected chi connectivity index (χ4v) is 4.52. The number of aromatic nitrogens is 5. The number of aryl methyl sites for hydroxylation is 1. The van der Waals surface area contributed by atoms with Gasteiger partial charge in [0, 0.05) is 50.5 Å². The minimum Gasteiger partial charge on any atom is -0.354 e. The summed E-state index contributed by atoms with van der Waals surface area (Å²) >= 11 is 0. The van der Waals surface area contributed by atoms with Crippen LogP contribution in [-0.4, -0.2) is 72.3 Å². The van der Waals surface area contributed by atoms with E-state index in [2.05, 4.69) is 25.1 Å². The molecule has 1 fully saturated rings. The summed E-state index contributed by atoms with van der Waals surface area (Å²) < 4.78 is 54.3. The summed E-state index contributed by atoms with van der Waals surface area (Å²) in [6.45, 7) is 10.5. The van der Waals surface area contributed by atoms with Crippen LogP contribution in [0.3, 0.4) is 0 Å². The summed E-state index contributed by atoms with van der Waals surface area (Å²) in [4.78, 5) is 12.3. The van der Waals surface area contributed by atoms with Gasteiger partial charge in [0.2, 0.25) is 5.16 Å². The first-order chi connectivity index (χ1) is 14.9. The van der Waals surface area contributed by atoms with Crippen molar-refractivity contribution in [2.45, 2.75) is 50.9 Å². The average molecular weight is 510 g/mol. The maximum Gasteiger partial charge on any atom is 0.433 e. The summed E-state index contributed by atoms with van der Waals surface area (Å²) in [7, 11) is 0.587. The van der Waals surface area contributed by atoms with Crippen LogP contribution in [-0.2, 0) is 29.4 Å². The molecule has 33 heavy (non-hydrogen) atoms. The highest BCUT2D eigenvalue weighted by Gasteiger charge is 2.36.